The molecule has 160 valence electrons. The van der Waals surface area contributed by atoms with E-state index in [0.29, 0.717) is 49.1 Å². The zero-order valence-corrected chi connectivity index (χ0v) is 17.8. The second kappa shape index (κ2) is 7.40. The molecule has 0 spiro atoms. The van der Waals surface area contributed by atoms with Gasteiger partial charge in [0.15, 0.2) is 0 Å². The average Bonchev–Trinajstić information content (AvgIpc) is 3.53. The molecule has 2 aliphatic heterocycles. The van der Waals surface area contributed by atoms with Gasteiger partial charge in [-0.2, -0.15) is 0 Å². The molecule has 1 atom stereocenters. The summed E-state index contributed by atoms with van der Waals surface area (Å²) in [5, 5.41) is 0. The van der Waals surface area contributed by atoms with E-state index in [4.69, 9.17) is 0 Å². The summed E-state index contributed by atoms with van der Waals surface area (Å²) in [6.45, 7) is 2.33. The fourth-order valence-electron chi connectivity index (χ4n) is 5.80. The monoisotopic (exact) mass is 409 g/mol. The van der Waals surface area contributed by atoms with Gasteiger partial charge in [-0.1, -0.05) is 31.4 Å². The predicted octanol–water partition coefficient (Wildman–Crippen LogP) is 3.70. The molecule has 1 unspecified atom stereocenters. The van der Waals surface area contributed by atoms with Gasteiger partial charge in [0.1, 0.15) is 5.66 Å². The topological polar surface area (TPSA) is 60.9 Å². The minimum atomic E-state index is -0.682. The number of hydrogen-bond acceptors (Lipinski definition) is 3. The number of benzene rings is 1. The first-order valence-corrected chi connectivity index (χ1v) is 11.6. The highest BCUT2D eigenvalue weighted by atomic mass is 16.2. The third kappa shape index (κ3) is 3.12. The summed E-state index contributed by atoms with van der Waals surface area (Å²) >= 11 is 0. The van der Waals surface area contributed by atoms with Crippen LogP contribution in [0, 0.1) is 0 Å². The summed E-state index contributed by atoms with van der Waals surface area (Å²) < 4.78 is 0. The van der Waals surface area contributed by atoms with Gasteiger partial charge in [0.2, 0.25) is 11.8 Å². The highest BCUT2D eigenvalue weighted by molar-refractivity contribution is 6.10. The predicted molar refractivity (Wildman–Crippen MR) is 114 cm³/mol. The van der Waals surface area contributed by atoms with E-state index in [1.165, 1.54) is 19.3 Å². The molecule has 0 aromatic heterocycles. The standard InChI is InChI=1S/C24H31N3O3/c1-24-15-13-22(29)27(24)20-10-6-5-9-19(20)23(30)25(24)16-14-21(28)26(18-11-12-18)17-7-3-2-4-8-17/h5-6,9-10,17-18H,2-4,7-8,11-16H2,1H3. The maximum Gasteiger partial charge on any atom is 0.257 e. The first-order chi connectivity index (χ1) is 14.5. The van der Waals surface area contributed by atoms with Crippen molar-refractivity contribution in [3.8, 4) is 0 Å². The zero-order valence-electron chi connectivity index (χ0n) is 17.8. The van der Waals surface area contributed by atoms with E-state index >= 15 is 0 Å². The summed E-state index contributed by atoms with van der Waals surface area (Å²) in [6.07, 6.45) is 9.49. The third-order valence-corrected chi connectivity index (χ3v) is 7.49. The summed E-state index contributed by atoms with van der Waals surface area (Å²) in [5.74, 6) is 0.161. The molecule has 2 aliphatic carbocycles. The number of amides is 3. The van der Waals surface area contributed by atoms with Crippen molar-refractivity contribution in [1.29, 1.82) is 0 Å². The Bertz CT molecular complexity index is 874. The number of fused-ring (bicyclic) bond motifs is 3. The van der Waals surface area contributed by atoms with Gasteiger partial charge < -0.3 is 9.80 Å². The lowest BCUT2D eigenvalue weighted by atomic mass is 9.93. The van der Waals surface area contributed by atoms with Gasteiger partial charge >= 0.3 is 0 Å². The van der Waals surface area contributed by atoms with E-state index < -0.39 is 5.66 Å². The Kier molecular flexibility index (Phi) is 4.83. The van der Waals surface area contributed by atoms with Crippen LogP contribution in [0.25, 0.3) is 0 Å². The van der Waals surface area contributed by atoms with Gasteiger partial charge in [-0.15, -0.1) is 0 Å². The van der Waals surface area contributed by atoms with Crippen LogP contribution in [0.3, 0.4) is 0 Å². The molecule has 1 aromatic carbocycles. The van der Waals surface area contributed by atoms with Crippen LogP contribution in [-0.4, -0.2) is 51.8 Å². The Labute approximate surface area is 178 Å². The summed E-state index contributed by atoms with van der Waals surface area (Å²) in [5.41, 5.74) is 0.582. The van der Waals surface area contributed by atoms with E-state index in [9.17, 15) is 14.4 Å². The molecule has 30 heavy (non-hydrogen) atoms. The Morgan fingerprint density at radius 1 is 1.07 bits per heavy atom. The van der Waals surface area contributed by atoms with Crippen molar-refractivity contribution in [1.82, 2.24) is 9.80 Å². The van der Waals surface area contributed by atoms with E-state index in [1.54, 1.807) is 15.9 Å². The molecule has 2 heterocycles. The van der Waals surface area contributed by atoms with E-state index in [2.05, 4.69) is 4.90 Å². The van der Waals surface area contributed by atoms with Crippen LogP contribution >= 0.6 is 0 Å². The minimum absolute atomic E-state index is 0.0515. The van der Waals surface area contributed by atoms with Gasteiger partial charge in [-0.3, -0.25) is 19.3 Å². The quantitative estimate of drug-likeness (QED) is 0.745. The Hall–Kier alpha value is -2.37. The molecule has 3 fully saturated rings. The fourth-order valence-corrected chi connectivity index (χ4v) is 5.80. The van der Waals surface area contributed by atoms with Crippen molar-refractivity contribution in [2.75, 3.05) is 11.4 Å². The Balaban J connectivity index is 1.37. The second-order valence-corrected chi connectivity index (χ2v) is 9.49. The molecule has 1 saturated heterocycles. The SMILES string of the molecule is CC12CCC(=O)N1c1ccccc1C(=O)N2CCC(=O)N(C1CCCCC1)C1CC1. The van der Waals surface area contributed by atoms with Crippen LogP contribution in [0.4, 0.5) is 5.69 Å². The van der Waals surface area contributed by atoms with Crippen molar-refractivity contribution in [2.24, 2.45) is 0 Å². The number of carbonyl (C=O) groups excluding carboxylic acids is 3. The molecule has 6 nitrogen and oxygen atoms in total. The number of carbonyl (C=O) groups is 3. The molecule has 3 amide bonds. The van der Waals surface area contributed by atoms with Crippen molar-refractivity contribution >= 4 is 23.4 Å². The number of anilines is 1. The normalized spacial score (nSPS) is 26.6. The second-order valence-electron chi connectivity index (χ2n) is 9.49. The largest absolute Gasteiger partial charge is 0.337 e. The first-order valence-electron chi connectivity index (χ1n) is 11.6. The molecule has 6 heteroatoms. The number of para-hydroxylation sites is 1. The van der Waals surface area contributed by atoms with E-state index in [1.807, 2.05) is 25.1 Å². The van der Waals surface area contributed by atoms with Crippen LogP contribution in [-0.2, 0) is 9.59 Å². The summed E-state index contributed by atoms with van der Waals surface area (Å²) in [7, 11) is 0. The van der Waals surface area contributed by atoms with E-state index in [0.717, 1.165) is 25.7 Å². The molecule has 4 aliphatic rings. The smallest absolute Gasteiger partial charge is 0.257 e. The Morgan fingerprint density at radius 2 is 1.77 bits per heavy atom. The maximum absolute atomic E-state index is 13.4. The van der Waals surface area contributed by atoms with Crippen molar-refractivity contribution in [3.63, 3.8) is 0 Å². The summed E-state index contributed by atoms with van der Waals surface area (Å²) in [6, 6.07) is 8.12. The highest BCUT2D eigenvalue weighted by Gasteiger charge is 2.53. The fraction of sp³-hybridized carbons (Fsp3) is 0.625. The molecule has 2 saturated carbocycles. The van der Waals surface area contributed by atoms with Crippen LogP contribution in [0.15, 0.2) is 24.3 Å². The van der Waals surface area contributed by atoms with Crippen LogP contribution in [0.2, 0.25) is 0 Å². The van der Waals surface area contributed by atoms with Gasteiger partial charge in [0, 0.05) is 31.5 Å². The maximum atomic E-state index is 13.4. The number of rotatable bonds is 5. The highest BCUT2D eigenvalue weighted by Crippen LogP contribution is 2.44. The van der Waals surface area contributed by atoms with Crippen LogP contribution in [0.1, 0.15) is 81.5 Å². The van der Waals surface area contributed by atoms with Crippen molar-refractivity contribution in [3.05, 3.63) is 29.8 Å². The third-order valence-electron chi connectivity index (χ3n) is 7.49. The van der Waals surface area contributed by atoms with Crippen molar-refractivity contribution in [2.45, 2.75) is 88.9 Å². The van der Waals surface area contributed by atoms with Crippen LogP contribution < -0.4 is 4.90 Å². The van der Waals surface area contributed by atoms with E-state index in [-0.39, 0.29) is 17.7 Å². The lowest BCUT2D eigenvalue weighted by Crippen LogP contribution is -2.62. The lowest BCUT2D eigenvalue weighted by Gasteiger charge is -2.49. The molecule has 1 aromatic rings. The molecule has 5 rings (SSSR count). The molecule has 0 N–H and O–H groups in total. The van der Waals surface area contributed by atoms with Crippen LogP contribution in [0.5, 0.6) is 0 Å². The summed E-state index contributed by atoms with van der Waals surface area (Å²) in [4.78, 5) is 45.1. The number of nitrogens with zero attached hydrogens (tertiary/aromatic N) is 3. The molecule has 0 bridgehead atoms. The first kappa shape index (κ1) is 19.6. The average molecular weight is 410 g/mol. The Morgan fingerprint density at radius 3 is 2.50 bits per heavy atom. The van der Waals surface area contributed by atoms with Gasteiger partial charge in [-0.05, 0) is 51.2 Å². The lowest BCUT2D eigenvalue weighted by molar-refractivity contribution is -0.135. The minimum Gasteiger partial charge on any atom is -0.337 e. The molecular formula is C24H31N3O3. The van der Waals surface area contributed by atoms with Gasteiger partial charge in [-0.25, -0.2) is 0 Å². The van der Waals surface area contributed by atoms with Gasteiger partial charge in [0.05, 0.1) is 11.3 Å². The molecule has 0 radical (unpaired) electrons. The number of hydrogen-bond donors (Lipinski definition) is 0. The van der Waals surface area contributed by atoms with Gasteiger partial charge in [0.25, 0.3) is 5.91 Å². The zero-order chi connectivity index (χ0) is 20.9. The molecular weight excluding hydrogens is 378 g/mol. The van der Waals surface area contributed by atoms with Crippen molar-refractivity contribution < 1.29 is 14.4 Å².